The number of nitrogens with one attached hydrogen (secondary N) is 1. The summed E-state index contributed by atoms with van der Waals surface area (Å²) in [6.07, 6.45) is 4.24. The molecule has 1 N–H and O–H groups in total. The van der Waals surface area contributed by atoms with Crippen LogP contribution in [0.4, 0.5) is 0 Å². The molecule has 0 spiro atoms. The van der Waals surface area contributed by atoms with E-state index in [0.717, 1.165) is 31.9 Å². The summed E-state index contributed by atoms with van der Waals surface area (Å²) in [6.45, 7) is 6.47. The Kier molecular flexibility index (Phi) is 5.62. The van der Waals surface area contributed by atoms with Gasteiger partial charge in [-0.15, -0.1) is 0 Å². The van der Waals surface area contributed by atoms with Gasteiger partial charge in [-0.25, -0.2) is 9.67 Å². The SMILES string of the molecule is CCn1ncnc1CNCCC(C)S(C)=O. The monoisotopic (exact) mass is 244 g/mol. The molecule has 92 valence electrons. The molecule has 0 radical (unpaired) electrons. The van der Waals surface area contributed by atoms with Crippen LogP contribution in [0.3, 0.4) is 0 Å². The maximum Gasteiger partial charge on any atom is 0.140 e. The molecular formula is C10H20N4OS. The lowest BCUT2D eigenvalue weighted by atomic mass is 10.3. The van der Waals surface area contributed by atoms with Crippen LogP contribution in [0.5, 0.6) is 0 Å². The highest BCUT2D eigenvalue weighted by molar-refractivity contribution is 7.84. The fourth-order valence-electron chi connectivity index (χ4n) is 1.36. The van der Waals surface area contributed by atoms with Crippen molar-refractivity contribution >= 4 is 10.8 Å². The fourth-order valence-corrected chi connectivity index (χ4v) is 1.81. The Morgan fingerprint density at radius 3 is 3.00 bits per heavy atom. The summed E-state index contributed by atoms with van der Waals surface area (Å²) in [5.41, 5.74) is 0. The molecular weight excluding hydrogens is 224 g/mol. The average molecular weight is 244 g/mol. The summed E-state index contributed by atoms with van der Waals surface area (Å²) < 4.78 is 13.0. The Hall–Kier alpha value is -0.750. The molecule has 5 nitrogen and oxygen atoms in total. The molecule has 0 saturated carbocycles. The highest BCUT2D eigenvalue weighted by atomic mass is 32.2. The van der Waals surface area contributed by atoms with Gasteiger partial charge in [0.1, 0.15) is 12.2 Å². The third-order valence-electron chi connectivity index (χ3n) is 2.57. The lowest BCUT2D eigenvalue weighted by Crippen LogP contribution is -2.22. The zero-order valence-corrected chi connectivity index (χ0v) is 11.0. The molecule has 2 unspecified atom stereocenters. The van der Waals surface area contributed by atoms with Crippen LogP contribution >= 0.6 is 0 Å². The van der Waals surface area contributed by atoms with E-state index >= 15 is 0 Å². The molecule has 0 aliphatic rings. The lowest BCUT2D eigenvalue weighted by molar-refractivity contribution is 0.562. The first-order valence-electron chi connectivity index (χ1n) is 5.54. The van der Waals surface area contributed by atoms with Crippen molar-refractivity contribution < 1.29 is 4.21 Å². The van der Waals surface area contributed by atoms with Gasteiger partial charge in [-0.2, -0.15) is 5.10 Å². The van der Waals surface area contributed by atoms with Crippen molar-refractivity contribution in [3.8, 4) is 0 Å². The largest absolute Gasteiger partial charge is 0.310 e. The Morgan fingerprint density at radius 1 is 1.62 bits per heavy atom. The Balaban J connectivity index is 2.23. The zero-order valence-electron chi connectivity index (χ0n) is 10.1. The first kappa shape index (κ1) is 13.3. The van der Waals surface area contributed by atoms with Gasteiger partial charge >= 0.3 is 0 Å². The second-order valence-electron chi connectivity index (χ2n) is 3.77. The van der Waals surface area contributed by atoms with E-state index in [1.807, 2.05) is 18.5 Å². The molecule has 1 aromatic heterocycles. The van der Waals surface area contributed by atoms with Crippen LogP contribution in [0.1, 0.15) is 26.1 Å². The summed E-state index contributed by atoms with van der Waals surface area (Å²) in [7, 11) is -0.730. The summed E-state index contributed by atoms with van der Waals surface area (Å²) in [6, 6.07) is 0. The highest BCUT2D eigenvalue weighted by Crippen LogP contribution is 1.98. The van der Waals surface area contributed by atoms with Crippen molar-refractivity contribution in [2.24, 2.45) is 0 Å². The number of hydrogen-bond acceptors (Lipinski definition) is 4. The summed E-state index contributed by atoms with van der Waals surface area (Å²) in [4.78, 5) is 4.17. The van der Waals surface area contributed by atoms with E-state index in [9.17, 15) is 4.21 Å². The molecule has 0 fully saturated rings. The highest BCUT2D eigenvalue weighted by Gasteiger charge is 2.06. The van der Waals surface area contributed by atoms with Crippen molar-refractivity contribution in [3.63, 3.8) is 0 Å². The van der Waals surface area contributed by atoms with Crippen LogP contribution < -0.4 is 5.32 Å². The molecule has 1 heterocycles. The van der Waals surface area contributed by atoms with Crippen molar-refractivity contribution in [1.29, 1.82) is 0 Å². The molecule has 1 rings (SSSR count). The van der Waals surface area contributed by atoms with E-state index in [4.69, 9.17) is 0 Å². The van der Waals surface area contributed by atoms with Crippen molar-refractivity contribution in [3.05, 3.63) is 12.2 Å². The maximum atomic E-state index is 11.1. The number of hydrogen-bond donors (Lipinski definition) is 1. The predicted octanol–water partition coefficient (Wildman–Crippen LogP) is 0.545. The number of rotatable bonds is 7. The fraction of sp³-hybridized carbons (Fsp3) is 0.800. The lowest BCUT2D eigenvalue weighted by Gasteiger charge is -2.09. The molecule has 0 bridgehead atoms. The molecule has 0 amide bonds. The Morgan fingerprint density at radius 2 is 2.38 bits per heavy atom. The van der Waals surface area contributed by atoms with E-state index in [1.165, 1.54) is 0 Å². The van der Waals surface area contributed by atoms with Gasteiger partial charge in [0, 0.05) is 28.9 Å². The van der Waals surface area contributed by atoms with E-state index in [0.29, 0.717) is 0 Å². The van der Waals surface area contributed by atoms with Gasteiger partial charge in [0.05, 0.1) is 6.54 Å². The summed E-state index contributed by atoms with van der Waals surface area (Å²) in [5, 5.41) is 7.63. The third kappa shape index (κ3) is 4.02. The van der Waals surface area contributed by atoms with Crippen LogP contribution in [-0.2, 0) is 23.9 Å². The van der Waals surface area contributed by atoms with Crippen LogP contribution in [-0.4, -0.2) is 37.0 Å². The maximum absolute atomic E-state index is 11.1. The summed E-state index contributed by atoms with van der Waals surface area (Å²) >= 11 is 0. The molecule has 6 heteroatoms. The van der Waals surface area contributed by atoms with E-state index in [-0.39, 0.29) is 5.25 Å². The van der Waals surface area contributed by atoms with Crippen molar-refractivity contribution in [2.45, 2.75) is 38.6 Å². The quantitative estimate of drug-likeness (QED) is 0.711. The molecule has 0 aliphatic carbocycles. The molecule has 0 aliphatic heterocycles. The molecule has 0 aromatic carbocycles. The number of aryl methyl sites for hydroxylation is 1. The smallest absolute Gasteiger partial charge is 0.140 e. The van der Waals surface area contributed by atoms with Gasteiger partial charge in [0.2, 0.25) is 0 Å². The van der Waals surface area contributed by atoms with Crippen LogP contribution in [0.25, 0.3) is 0 Å². The van der Waals surface area contributed by atoms with Crippen LogP contribution in [0.2, 0.25) is 0 Å². The Labute approximate surface area is 99.1 Å². The van der Waals surface area contributed by atoms with Gasteiger partial charge in [0.25, 0.3) is 0 Å². The first-order valence-corrected chi connectivity index (χ1v) is 7.17. The van der Waals surface area contributed by atoms with Gasteiger partial charge in [-0.05, 0) is 19.9 Å². The molecule has 1 aromatic rings. The van der Waals surface area contributed by atoms with E-state index in [1.54, 1.807) is 12.6 Å². The third-order valence-corrected chi connectivity index (χ3v) is 3.94. The predicted molar refractivity (Wildman–Crippen MR) is 65.5 cm³/mol. The number of nitrogens with zero attached hydrogens (tertiary/aromatic N) is 3. The first-order chi connectivity index (χ1) is 7.65. The molecule has 2 atom stereocenters. The number of aromatic nitrogens is 3. The van der Waals surface area contributed by atoms with Crippen LogP contribution in [0, 0.1) is 0 Å². The van der Waals surface area contributed by atoms with Gasteiger partial charge in [-0.3, -0.25) is 4.21 Å². The normalized spacial score (nSPS) is 14.9. The Bertz CT molecular complexity index is 339. The van der Waals surface area contributed by atoms with Crippen LogP contribution in [0.15, 0.2) is 6.33 Å². The molecule has 16 heavy (non-hydrogen) atoms. The van der Waals surface area contributed by atoms with Crippen molar-refractivity contribution in [1.82, 2.24) is 20.1 Å². The van der Waals surface area contributed by atoms with Crippen molar-refractivity contribution in [2.75, 3.05) is 12.8 Å². The minimum absolute atomic E-state index is 0.247. The minimum atomic E-state index is -0.730. The van der Waals surface area contributed by atoms with Gasteiger partial charge < -0.3 is 5.32 Å². The topological polar surface area (TPSA) is 59.8 Å². The molecule has 0 saturated heterocycles. The standard InChI is InChI=1S/C10H20N4OS/c1-4-14-10(12-8-13-14)7-11-6-5-9(2)16(3)15/h8-9,11H,4-7H2,1-3H3. The minimum Gasteiger partial charge on any atom is -0.310 e. The zero-order chi connectivity index (χ0) is 12.0. The van der Waals surface area contributed by atoms with E-state index in [2.05, 4.69) is 15.4 Å². The van der Waals surface area contributed by atoms with E-state index < -0.39 is 10.8 Å². The summed E-state index contributed by atoms with van der Waals surface area (Å²) in [5.74, 6) is 0.952. The second-order valence-corrected chi connectivity index (χ2v) is 5.57. The van der Waals surface area contributed by atoms with Gasteiger partial charge in [0.15, 0.2) is 0 Å². The average Bonchev–Trinajstić information content (AvgIpc) is 2.71. The van der Waals surface area contributed by atoms with Gasteiger partial charge in [-0.1, -0.05) is 6.92 Å². The second kappa shape index (κ2) is 6.75.